The van der Waals surface area contributed by atoms with Crippen LogP contribution in [0.25, 0.3) is 0 Å². The van der Waals surface area contributed by atoms with E-state index in [1.54, 1.807) is 4.90 Å². The second kappa shape index (κ2) is 8.23. The van der Waals surface area contributed by atoms with Gasteiger partial charge >= 0.3 is 6.03 Å². The predicted octanol–water partition coefficient (Wildman–Crippen LogP) is 2.29. The summed E-state index contributed by atoms with van der Waals surface area (Å²) in [5.74, 6) is 0.808. The van der Waals surface area contributed by atoms with Crippen molar-refractivity contribution in [2.45, 2.75) is 45.2 Å². The lowest BCUT2D eigenvalue weighted by molar-refractivity contribution is -0.126. The number of carbonyl (C=O) groups is 2. The molecule has 0 spiro atoms. The molecule has 25 heavy (non-hydrogen) atoms. The lowest BCUT2D eigenvalue weighted by Crippen LogP contribution is -2.49. The molecule has 2 N–H and O–H groups in total. The first-order valence-electron chi connectivity index (χ1n) is 9.21. The Bertz CT molecular complexity index is 616. The maximum atomic E-state index is 12.5. The number of benzene rings is 1. The molecule has 1 saturated carbocycles. The van der Waals surface area contributed by atoms with E-state index >= 15 is 0 Å². The monoisotopic (exact) mass is 345 g/mol. The summed E-state index contributed by atoms with van der Waals surface area (Å²) in [7, 11) is 0. The molecule has 6 nitrogen and oxygen atoms in total. The Morgan fingerprint density at radius 1 is 1.24 bits per heavy atom. The number of carbonyl (C=O) groups excluding carboxylic acids is 2. The fourth-order valence-corrected chi connectivity index (χ4v) is 3.15. The molecule has 1 aromatic rings. The summed E-state index contributed by atoms with van der Waals surface area (Å²) in [5.41, 5.74) is 0.956. The van der Waals surface area contributed by atoms with Crippen LogP contribution in [0.15, 0.2) is 24.3 Å². The molecule has 1 atom stereocenters. The molecule has 2 fully saturated rings. The highest BCUT2D eigenvalue weighted by Crippen LogP contribution is 2.22. The summed E-state index contributed by atoms with van der Waals surface area (Å²) in [4.78, 5) is 26.5. The summed E-state index contributed by atoms with van der Waals surface area (Å²) < 4.78 is 5.59. The molecule has 1 heterocycles. The van der Waals surface area contributed by atoms with Gasteiger partial charge in [-0.3, -0.25) is 4.79 Å². The molecular weight excluding hydrogens is 318 g/mol. The van der Waals surface area contributed by atoms with Gasteiger partial charge < -0.3 is 20.3 Å². The maximum absolute atomic E-state index is 12.5. The smallest absolute Gasteiger partial charge is 0.317 e. The van der Waals surface area contributed by atoms with Crippen molar-refractivity contribution in [1.82, 2.24) is 15.5 Å². The van der Waals surface area contributed by atoms with E-state index in [4.69, 9.17) is 4.74 Å². The molecule has 0 aromatic heterocycles. The number of urea groups is 1. The zero-order valence-electron chi connectivity index (χ0n) is 14.8. The molecule has 1 saturated heterocycles. The minimum absolute atomic E-state index is 0.0872. The van der Waals surface area contributed by atoms with Gasteiger partial charge in [0.1, 0.15) is 5.75 Å². The maximum Gasteiger partial charge on any atom is 0.317 e. The van der Waals surface area contributed by atoms with Crippen molar-refractivity contribution in [1.29, 1.82) is 0 Å². The Morgan fingerprint density at radius 2 is 2.04 bits per heavy atom. The van der Waals surface area contributed by atoms with E-state index in [1.807, 2.05) is 31.2 Å². The molecule has 0 radical (unpaired) electrons. The molecular formula is C19H27N3O3. The molecule has 2 aliphatic rings. The van der Waals surface area contributed by atoms with Crippen LogP contribution in [0.4, 0.5) is 4.79 Å². The summed E-state index contributed by atoms with van der Waals surface area (Å²) >= 11 is 0. The summed E-state index contributed by atoms with van der Waals surface area (Å²) in [6.07, 6.45) is 3.89. The SMILES string of the molecule is CCOc1ccccc1CNC(=O)N1CCC[C@H](C(=O)NC2CC2)C1. The van der Waals surface area contributed by atoms with Gasteiger partial charge in [0, 0.05) is 31.2 Å². The van der Waals surface area contributed by atoms with Crippen LogP contribution >= 0.6 is 0 Å². The minimum Gasteiger partial charge on any atom is -0.494 e. The topological polar surface area (TPSA) is 70.7 Å². The number of hydrogen-bond donors (Lipinski definition) is 2. The zero-order chi connectivity index (χ0) is 17.6. The number of nitrogens with one attached hydrogen (secondary N) is 2. The molecule has 0 unspecified atom stereocenters. The van der Waals surface area contributed by atoms with Crippen LogP contribution in [0.2, 0.25) is 0 Å². The predicted molar refractivity (Wildman–Crippen MR) is 95.3 cm³/mol. The zero-order valence-corrected chi connectivity index (χ0v) is 14.8. The molecule has 6 heteroatoms. The molecule has 0 bridgehead atoms. The van der Waals surface area contributed by atoms with Crippen LogP contribution < -0.4 is 15.4 Å². The third-order valence-corrected chi connectivity index (χ3v) is 4.71. The van der Waals surface area contributed by atoms with Gasteiger partial charge in [0.25, 0.3) is 0 Å². The van der Waals surface area contributed by atoms with Gasteiger partial charge in [0.2, 0.25) is 5.91 Å². The van der Waals surface area contributed by atoms with E-state index in [2.05, 4.69) is 10.6 Å². The van der Waals surface area contributed by atoms with Crippen LogP contribution in [0, 0.1) is 5.92 Å². The van der Waals surface area contributed by atoms with Crippen molar-refractivity contribution < 1.29 is 14.3 Å². The van der Waals surface area contributed by atoms with Crippen molar-refractivity contribution in [3.8, 4) is 5.75 Å². The van der Waals surface area contributed by atoms with Gasteiger partial charge in [-0.25, -0.2) is 4.79 Å². The average Bonchev–Trinajstić information content (AvgIpc) is 3.45. The van der Waals surface area contributed by atoms with Gasteiger partial charge in [0.05, 0.1) is 12.5 Å². The van der Waals surface area contributed by atoms with Crippen LogP contribution in [-0.2, 0) is 11.3 Å². The fourth-order valence-electron chi connectivity index (χ4n) is 3.15. The van der Waals surface area contributed by atoms with E-state index in [-0.39, 0.29) is 17.9 Å². The second-order valence-corrected chi connectivity index (χ2v) is 6.77. The molecule has 1 aromatic carbocycles. The molecule has 1 aliphatic heterocycles. The number of hydrogen-bond acceptors (Lipinski definition) is 3. The van der Waals surface area contributed by atoms with Gasteiger partial charge in [0.15, 0.2) is 0 Å². The normalized spacial score (nSPS) is 20.0. The van der Waals surface area contributed by atoms with Gasteiger partial charge in [-0.1, -0.05) is 18.2 Å². The summed E-state index contributed by atoms with van der Waals surface area (Å²) in [6, 6.07) is 7.96. The first-order chi connectivity index (χ1) is 12.2. The number of nitrogens with zero attached hydrogens (tertiary/aromatic N) is 1. The van der Waals surface area contributed by atoms with E-state index in [9.17, 15) is 9.59 Å². The Labute approximate surface area is 148 Å². The lowest BCUT2D eigenvalue weighted by atomic mass is 9.97. The molecule has 1 aliphatic carbocycles. The van der Waals surface area contributed by atoms with Crippen molar-refractivity contribution in [2.24, 2.45) is 5.92 Å². The number of ether oxygens (including phenoxy) is 1. The fraction of sp³-hybridized carbons (Fsp3) is 0.579. The highest BCUT2D eigenvalue weighted by molar-refractivity contribution is 5.81. The third-order valence-electron chi connectivity index (χ3n) is 4.71. The van der Waals surface area contributed by atoms with E-state index in [0.717, 1.165) is 37.0 Å². The van der Waals surface area contributed by atoms with E-state index in [0.29, 0.717) is 32.3 Å². The molecule has 136 valence electrons. The highest BCUT2D eigenvalue weighted by Gasteiger charge is 2.31. The number of likely N-dealkylation sites (tertiary alicyclic amines) is 1. The summed E-state index contributed by atoms with van der Waals surface area (Å²) in [5, 5.41) is 6.00. The Morgan fingerprint density at radius 3 is 2.80 bits per heavy atom. The Kier molecular flexibility index (Phi) is 5.79. The minimum atomic E-state index is -0.116. The van der Waals surface area contributed by atoms with Crippen LogP contribution in [-0.4, -0.2) is 42.6 Å². The molecule has 3 rings (SSSR count). The first kappa shape index (κ1) is 17.6. The van der Waals surface area contributed by atoms with Crippen molar-refractivity contribution in [2.75, 3.05) is 19.7 Å². The van der Waals surface area contributed by atoms with Crippen LogP contribution in [0.1, 0.15) is 38.2 Å². The number of para-hydroxylation sites is 1. The number of rotatable bonds is 6. The first-order valence-corrected chi connectivity index (χ1v) is 9.21. The Balaban J connectivity index is 1.51. The van der Waals surface area contributed by atoms with Crippen molar-refractivity contribution in [3.63, 3.8) is 0 Å². The second-order valence-electron chi connectivity index (χ2n) is 6.77. The summed E-state index contributed by atoms with van der Waals surface area (Å²) in [6.45, 7) is 4.15. The van der Waals surface area contributed by atoms with Crippen LogP contribution in [0.5, 0.6) is 5.75 Å². The largest absolute Gasteiger partial charge is 0.494 e. The van der Waals surface area contributed by atoms with Gasteiger partial charge in [-0.2, -0.15) is 0 Å². The number of piperidine rings is 1. The van der Waals surface area contributed by atoms with Crippen LogP contribution in [0.3, 0.4) is 0 Å². The molecule has 3 amide bonds. The Hall–Kier alpha value is -2.24. The highest BCUT2D eigenvalue weighted by atomic mass is 16.5. The van der Waals surface area contributed by atoms with E-state index in [1.165, 1.54) is 0 Å². The number of amides is 3. The average molecular weight is 345 g/mol. The van der Waals surface area contributed by atoms with E-state index < -0.39 is 0 Å². The van der Waals surface area contributed by atoms with Crippen molar-refractivity contribution >= 4 is 11.9 Å². The third kappa shape index (κ3) is 4.87. The van der Waals surface area contributed by atoms with Crippen molar-refractivity contribution in [3.05, 3.63) is 29.8 Å². The quantitative estimate of drug-likeness (QED) is 0.831. The van der Waals surface area contributed by atoms with Gasteiger partial charge in [-0.05, 0) is 38.7 Å². The lowest BCUT2D eigenvalue weighted by Gasteiger charge is -2.32. The van der Waals surface area contributed by atoms with Gasteiger partial charge in [-0.15, -0.1) is 0 Å². The standard InChI is InChI=1S/C19H27N3O3/c1-2-25-17-8-4-3-6-14(17)12-20-19(24)22-11-5-7-15(13-22)18(23)21-16-9-10-16/h3-4,6,8,15-16H,2,5,7,9-13H2,1H3,(H,20,24)(H,21,23)/t15-/m0/s1.